The van der Waals surface area contributed by atoms with Crippen LogP contribution in [0.15, 0.2) is 12.1 Å². The number of alkyl halides is 3. The van der Waals surface area contributed by atoms with Crippen LogP contribution in [0.1, 0.15) is 33.8 Å². The van der Waals surface area contributed by atoms with E-state index in [0.717, 1.165) is 4.88 Å². The quantitative estimate of drug-likeness (QED) is 0.754. The number of carbonyl (C=O) groups is 1. The molecule has 1 heterocycles. The lowest BCUT2D eigenvalue weighted by molar-refractivity contribution is -0.135. The highest BCUT2D eigenvalue weighted by atomic mass is 32.1. The van der Waals surface area contributed by atoms with Crippen molar-refractivity contribution in [3.63, 3.8) is 0 Å². The summed E-state index contributed by atoms with van der Waals surface area (Å²) in [6.07, 6.45) is -4.26. The first kappa shape index (κ1) is 15.0. The molecular formula is C11H14F3NO2S. The molecule has 0 bridgehead atoms. The first-order valence-electron chi connectivity index (χ1n) is 5.48. The number of rotatable bonds is 7. The summed E-state index contributed by atoms with van der Waals surface area (Å²) < 4.78 is 35.5. The molecule has 0 saturated carbocycles. The second-order valence-corrected chi connectivity index (χ2v) is 4.99. The summed E-state index contributed by atoms with van der Waals surface area (Å²) in [5.41, 5.74) is 0. The number of halogens is 3. The summed E-state index contributed by atoms with van der Waals surface area (Å²) >= 11 is 1.17. The van der Waals surface area contributed by atoms with Crippen molar-refractivity contribution in [1.82, 2.24) is 5.32 Å². The van der Waals surface area contributed by atoms with Crippen LogP contribution in [0.25, 0.3) is 0 Å². The Hall–Kier alpha value is -1.08. The Bertz CT molecular complexity index is 390. The molecule has 0 aliphatic rings. The van der Waals surface area contributed by atoms with Gasteiger partial charge in [-0.15, -0.1) is 11.3 Å². The van der Waals surface area contributed by atoms with E-state index in [1.165, 1.54) is 17.4 Å². The predicted octanol–water partition coefficient (Wildman–Crippen LogP) is 3.27. The van der Waals surface area contributed by atoms with E-state index in [1.807, 2.05) is 0 Å². The third-order valence-electron chi connectivity index (χ3n) is 2.24. The second-order valence-electron chi connectivity index (χ2n) is 3.82. The lowest BCUT2D eigenvalue weighted by Gasteiger charge is -2.06. The largest absolute Gasteiger partial charge is 0.477 e. The lowest BCUT2D eigenvalue weighted by atomic mass is 10.2. The van der Waals surface area contributed by atoms with E-state index in [1.54, 1.807) is 6.07 Å². The molecule has 0 amide bonds. The SMILES string of the molecule is O=C(O)c1ccc(CNCCCCC(F)(F)F)s1. The average molecular weight is 281 g/mol. The van der Waals surface area contributed by atoms with Gasteiger partial charge in [-0.2, -0.15) is 13.2 Å². The van der Waals surface area contributed by atoms with Gasteiger partial charge in [0.2, 0.25) is 0 Å². The number of thiophene rings is 1. The Labute approximate surface area is 107 Å². The number of hydrogen-bond donors (Lipinski definition) is 2. The molecule has 0 aliphatic heterocycles. The van der Waals surface area contributed by atoms with Crippen molar-refractivity contribution < 1.29 is 23.1 Å². The van der Waals surface area contributed by atoms with Gasteiger partial charge in [0.05, 0.1) is 0 Å². The van der Waals surface area contributed by atoms with Crippen LogP contribution in [0.3, 0.4) is 0 Å². The summed E-state index contributed by atoms with van der Waals surface area (Å²) in [5.74, 6) is -0.962. The molecule has 7 heteroatoms. The van der Waals surface area contributed by atoms with Crippen molar-refractivity contribution in [2.45, 2.75) is 32.0 Å². The van der Waals surface area contributed by atoms with Gasteiger partial charge in [-0.05, 0) is 31.5 Å². The molecule has 0 saturated heterocycles. The molecule has 102 valence electrons. The van der Waals surface area contributed by atoms with E-state index < -0.39 is 18.6 Å². The van der Waals surface area contributed by atoms with Gasteiger partial charge in [0.15, 0.2) is 0 Å². The highest BCUT2D eigenvalue weighted by Crippen LogP contribution is 2.22. The summed E-state index contributed by atoms with van der Waals surface area (Å²) in [4.78, 5) is 11.7. The third-order valence-corrected chi connectivity index (χ3v) is 3.31. The molecule has 18 heavy (non-hydrogen) atoms. The van der Waals surface area contributed by atoms with Crippen molar-refractivity contribution in [2.24, 2.45) is 0 Å². The first-order chi connectivity index (χ1) is 8.38. The van der Waals surface area contributed by atoms with Crippen LogP contribution >= 0.6 is 11.3 Å². The molecular weight excluding hydrogens is 267 g/mol. The first-order valence-corrected chi connectivity index (χ1v) is 6.29. The van der Waals surface area contributed by atoms with Gasteiger partial charge < -0.3 is 10.4 Å². The van der Waals surface area contributed by atoms with Gasteiger partial charge in [-0.3, -0.25) is 0 Å². The van der Waals surface area contributed by atoms with E-state index >= 15 is 0 Å². The molecule has 0 fully saturated rings. The zero-order valence-electron chi connectivity index (χ0n) is 9.59. The normalized spacial score (nSPS) is 11.7. The molecule has 2 N–H and O–H groups in total. The van der Waals surface area contributed by atoms with E-state index in [2.05, 4.69) is 5.32 Å². The van der Waals surface area contributed by atoms with Crippen molar-refractivity contribution in [3.8, 4) is 0 Å². The summed E-state index contributed by atoms with van der Waals surface area (Å²) in [7, 11) is 0. The van der Waals surface area contributed by atoms with Crippen molar-refractivity contribution in [2.75, 3.05) is 6.54 Å². The van der Waals surface area contributed by atoms with Crippen LogP contribution in [0.2, 0.25) is 0 Å². The smallest absolute Gasteiger partial charge is 0.389 e. The molecule has 1 rings (SSSR count). The Kier molecular flexibility index (Phi) is 5.61. The maximum absolute atomic E-state index is 11.8. The molecule has 0 aliphatic carbocycles. The molecule has 1 aromatic rings. The third kappa shape index (κ3) is 6.02. The minimum Gasteiger partial charge on any atom is -0.477 e. The Morgan fingerprint density at radius 1 is 1.33 bits per heavy atom. The Morgan fingerprint density at radius 2 is 2.06 bits per heavy atom. The lowest BCUT2D eigenvalue weighted by Crippen LogP contribution is -2.15. The molecule has 0 radical (unpaired) electrons. The van der Waals surface area contributed by atoms with Crippen LogP contribution in [-0.4, -0.2) is 23.8 Å². The van der Waals surface area contributed by atoms with Crippen LogP contribution in [-0.2, 0) is 6.54 Å². The Morgan fingerprint density at radius 3 is 2.61 bits per heavy atom. The number of nitrogens with one attached hydrogen (secondary N) is 1. The van der Waals surface area contributed by atoms with Crippen molar-refractivity contribution >= 4 is 17.3 Å². The van der Waals surface area contributed by atoms with Gasteiger partial charge in [0.25, 0.3) is 0 Å². The van der Waals surface area contributed by atoms with Crippen LogP contribution in [0, 0.1) is 0 Å². The fourth-order valence-electron chi connectivity index (χ4n) is 1.37. The summed E-state index contributed by atoms with van der Waals surface area (Å²) in [6, 6.07) is 3.23. The highest BCUT2D eigenvalue weighted by molar-refractivity contribution is 7.13. The van der Waals surface area contributed by atoms with Crippen LogP contribution in [0.5, 0.6) is 0 Å². The van der Waals surface area contributed by atoms with E-state index in [0.29, 0.717) is 19.5 Å². The molecule has 1 aromatic heterocycles. The van der Waals surface area contributed by atoms with Gasteiger partial charge in [0.1, 0.15) is 4.88 Å². The number of unbranched alkanes of at least 4 members (excludes halogenated alkanes) is 1. The summed E-state index contributed by atoms with van der Waals surface area (Å²) in [6.45, 7) is 0.986. The topological polar surface area (TPSA) is 49.3 Å². The maximum Gasteiger partial charge on any atom is 0.389 e. The zero-order valence-corrected chi connectivity index (χ0v) is 10.4. The predicted molar refractivity (Wildman–Crippen MR) is 62.9 cm³/mol. The monoisotopic (exact) mass is 281 g/mol. The number of carboxylic acids is 1. The number of aromatic carboxylic acids is 1. The minimum absolute atomic E-state index is 0.112. The van der Waals surface area contributed by atoms with Gasteiger partial charge in [0, 0.05) is 17.8 Å². The standard InChI is InChI=1S/C11H14F3NO2S/c12-11(13,14)5-1-2-6-15-7-8-3-4-9(18-8)10(16)17/h3-4,15H,1-2,5-7H2,(H,16,17). The van der Waals surface area contributed by atoms with E-state index in [-0.39, 0.29) is 11.3 Å². The van der Waals surface area contributed by atoms with Crippen LogP contribution in [0.4, 0.5) is 13.2 Å². The molecule has 0 aromatic carbocycles. The molecule has 3 nitrogen and oxygen atoms in total. The minimum atomic E-state index is -4.08. The molecule has 0 unspecified atom stereocenters. The van der Waals surface area contributed by atoms with Crippen LogP contribution < -0.4 is 5.32 Å². The average Bonchev–Trinajstić information content (AvgIpc) is 2.70. The van der Waals surface area contributed by atoms with Crippen molar-refractivity contribution in [1.29, 1.82) is 0 Å². The van der Waals surface area contributed by atoms with Gasteiger partial charge in [-0.25, -0.2) is 4.79 Å². The zero-order chi connectivity index (χ0) is 13.6. The fraction of sp³-hybridized carbons (Fsp3) is 0.545. The fourth-order valence-corrected chi connectivity index (χ4v) is 2.19. The molecule has 0 spiro atoms. The van der Waals surface area contributed by atoms with Gasteiger partial charge >= 0.3 is 12.1 Å². The summed E-state index contributed by atoms with van der Waals surface area (Å²) in [5, 5.41) is 11.7. The molecule has 0 atom stereocenters. The second kappa shape index (κ2) is 6.75. The maximum atomic E-state index is 11.8. The number of hydrogen-bond acceptors (Lipinski definition) is 3. The Balaban J connectivity index is 2.12. The van der Waals surface area contributed by atoms with E-state index in [9.17, 15) is 18.0 Å². The van der Waals surface area contributed by atoms with E-state index in [4.69, 9.17) is 5.11 Å². The van der Waals surface area contributed by atoms with Gasteiger partial charge in [-0.1, -0.05) is 0 Å². The number of carboxylic acid groups (broad SMARTS) is 1. The van der Waals surface area contributed by atoms with Crippen molar-refractivity contribution in [3.05, 3.63) is 21.9 Å². The highest BCUT2D eigenvalue weighted by Gasteiger charge is 2.25.